The Morgan fingerprint density at radius 1 is 1.35 bits per heavy atom. The molecule has 17 heavy (non-hydrogen) atoms. The zero-order chi connectivity index (χ0) is 12.9. The Bertz CT molecular complexity index is 344. The summed E-state index contributed by atoms with van der Waals surface area (Å²) in [6, 6.07) is 0. The first-order valence-electron chi connectivity index (χ1n) is 5.70. The second-order valence-corrected chi connectivity index (χ2v) is 5.57. The maximum absolute atomic E-state index is 11.8. The third-order valence-electron chi connectivity index (χ3n) is 2.60. The van der Waals surface area contributed by atoms with Crippen molar-refractivity contribution in [3.8, 4) is 0 Å². The van der Waals surface area contributed by atoms with E-state index in [1.807, 2.05) is 6.92 Å². The highest BCUT2D eigenvalue weighted by Gasteiger charge is 2.38. The molecule has 1 N–H and O–H groups in total. The van der Waals surface area contributed by atoms with Crippen LogP contribution in [0.2, 0.25) is 0 Å². The number of carbonyl (C=O) groups is 1. The number of ketones is 1. The number of Topliss-reactive ketones (excluding diaryl/α,β-unsaturated/α-hetero) is 1. The molecule has 1 aliphatic rings. The second kappa shape index (κ2) is 6.44. The van der Waals surface area contributed by atoms with Crippen LogP contribution < -0.4 is 0 Å². The van der Waals surface area contributed by atoms with E-state index in [-0.39, 0.29) is 19.6 Å². The van der Waals surface area contributed by atoms with Gasteiger partial charge in [-0.1, -0.05) is 26.2 Å². The van der Waals surface area contributed by atoms with Crippen LogP contribution in [-0.2, 0) is 24.4 Å². The third-order valence-corrected chi connectivity index (χ3v) is 3.79. The van der Waals surface area contributed by atoms with E-state index in [2.05, 4.69) is 0 Å². The molecule has 1 fully saturated rings. The molecule has 1 heterocycles. The Balaban J connectivity index is 2.65. The fourth-order valence-electron chi connectivity index (χ4n) is 1.69. The van der Waals surface area contributed by atoms with Gasteiger partial charge in [0, 0.05) is 0 Å². The Morgan fingerprint density at radius 2 is 1.94 bits per heavy atom. The van der Waals surface area contributed by atoms with Crippen LogP contribution in [0.4, 0.5) is 0 Å². The van der Waals surface area contributed by atoms with Gasteiger partial charge in [-0.25, -0.2) is 0 Å². The van der Waals surface area contributed by atoms with Gasteiger partial charge in [0.05, 0.1) is 13.2 Å². The molecule has 1 saturated heterocycles. The predicted octanol–water partition coefficient (Wildman–Crippen LogP) is 0.765. The van der Waals surface area contributed by atoms with Gasteiger partial charge in [-0.05, 0) is 6.42 Å². The fourth-order valence-corrected chi connectivity index (χ4v) is 2.56. The second-order valence-electron chi connectivity index (χ2n) is 3.98. The molecule has 100 valence electrons. The summed E-state index contributed by atoms with van der Waals surface area (Å²) in [6.45, 7) is 2.50. The smallest absolute Gasteiger partial charge is 0.275 e. The van der Waals surface area contributed by atoms with Crippen LogP contribution in [0.5, 0.6) is 0 Å². The molecule has 0 radical (unpaired) electrons. The van der Waals surface area contributed by atoms with Gasteiger partial charge in [0.25, 0.3) is 10.1 Å². The van der Waals surface area contributed by atoms with Gasteiger partial charge >= 0.3 is 0 Å². The van der Waals surface area contributed by atoms with Crippen LogP contribution in [0.25, 0.3) is 0 Å². The molecule has 0 aromatic heterocycles. The first kappa shape index (κ1) is 14.6. The Morgan fingerprint density at radius 3 is 2.41 bits per heavy atom. The summed E-state index contributed by atoms with van der Waals surface area (Å²) in [5, 5.41) is -1.43. The van der Waals surface area contributed by atoms with E-state index in [4.69, 9.17) is 14.0 Å². The van der Waals surface area contributed by atoms with E-state index in [9.17, 15) is 13.2 Å². The summed E-state index contributed by atoms with van der Waals surface area (Å²) >= 11 is 0. The molecule has 7 heteroatoms. The van der Waals surface area contributed by atoms with Gasteiger partial charge in [-0.2, -0.15) is 8.42 Å². The average Bonchev–Trinajstić information content (AvgIpc) is 2.75. The number of ether oxygens (including phenoxy) is 2. The molecule has 0 aromatic rings. The molecule has 0 aromatic carbocycles. The normalized spacial score (nSPS) is 19.4. The monoisotopic (exact) mass is 266 g/mol. The molecule has 0 aliphatic carbocycles. The lowest BCUT2D eigenvalue weighted by Crippen LogP contribution is -2.38. The molecule has 1 unspecified atom stereocenters. The van der Waals surface area contributed by atoms with Crippen molar-refractivity contribution in [2.24, 2.45) is 0 Å². The first-order valence-corrected chi connectivity index (χ1v) is 7.20. The quantitative estimate of drug-likeness (QED) is 0.540. The summed E-state index contributed by atoms with van der Waals surface area (Å²) in [7, 11) is -4.39. The summed E-state index contributed by atoms with van der Waals surface area (Å²) in [5.74, 6) is -0.707. The van der Waals surface area contributed by atoms with Crippen molar-refractivity contribution in [2.45, 2.75) is 44.1 Å². The van der Waals surface area contributed by atoms with E-state index in [1.165, 1.54) is 0 Å². The topological polar surface area (TPSA) is 89.9 Å². The highest BCUT2D eigenvalue weighted by Crippen LogP contribution is 2.17. The van der Waals surface area contributed by atoms with Crippen molar-refractivity contribution >= 4 is 15.9 Å². The largest absolute Gasteiger partial charge is 0.344 e. The lowest BCUT2D eigenvalue weighted by atomic mass is 10.1. The van der Waals surface area contributed by atoms with Crippen molar-refractivity contribution in [3.05, 3.63) is 0 Å². The highest BCUT2D eigenvalue weighted by molar-refractivity contribution is 7.87. The maximum atomic E-state index is 11.8. The molecule has 0 bridgehead atoms. The average molecular weight is 266 g/mol. The molecule has 1 atom stereocenters. The van der Waals surface area contributed by atoms with Crippen LogP contribution in [-0.4, -0.2) is 43.5 Å². The minimum atomic E-state index is -4.39. The van der Waals surface area contributed by atoms with Crippen LogP contribution >= 0.6 is 0 Å². The van der Waals surface area contributed by atoms with Crippen LogP contribution in [0.3, 0.4) is 0 Å². The van der Waals surface area contributed by atoms with Crippen LogP contribution in [0, 0.1) is 0 Å². The molecule has 6 nitrogen and oxygen atoms in total. The van der Waals surface area contributed by atoms with Gasteiger partial charge in [-0.15, -0.1) is 0 Å². The van der Waals surface area contributed by atoms with Crippen LogP contribution in [0.1, 0.15) is 32.6 Å². The van der Waals surface area contributed by atoms with Crippen molar-refractivity contribution < 1.29 is 27.2 Å². The van der Waals surface area contributed by atoms with E-state index in [1.54, 1.807) is 0 Å². The van der Waals surface area contributed by atoms with Gasteiger partial charge < -0.3 is 9.47 Å². The standard InChI is InChI=1S/C10H18O6S/c1-2-3-4-5-8(17(12,13)14)9(11)10-15-6-7-16-10/h8,10H,2-7H2,1H3,(H,12,13,14). The van der Waals surface area contributed by atoms with Crippen molar-refractivity contribution in [2.75, 3.05) is 13.2 Å². The molecular weight excluding hydrogens is 248 g/mol. The van der Waals surface area contributed by atoms with Crippen molar-refractivity contribution in [3.63, 3.8) is 0 Å². The minimum absolute atomic E-state index is 0.106. The highest BCUT2D eigenvalue weighted by atomic mass is 32.2. The summed E-state index contributed by atoms with van der Waals surface area (Å²) in [5.41, 5.74) is 0. The van der Waals surface area contributed by atoms with Crippen molar-refractivity contribution in [1.82, 2.24) is 0 Å². The zero-order valence-corrected chi connectivity index (χ0v) is 10.6. The minimum Gasteiger partial charge on any atom is -0.344 e. The fraction of sp³-hybridized carbons (Fsp3) is 0.900. The number of hydrogen-bond donors (Lipinski definition) is 1. The van der Waals surface area contributed by atoms with Gasteiger partial charge in [0.15, 0.2) is 0 Å². The van der Waals surface area contributed by atoms with Crippen molar-refractivity contribution in [1.29, 1.82) is 0 Å². The Hall–Kier alpha value is -0.500. The van der Waals surface area contributed by atoms with E-state index in [0.29, 0.717) is 6.42 Å². The molecule has 0 saturated carbocycles. The van der Waals surface area contributed by atoms with Gasteiger partial charge in [0.1, 0.15) is 5.25 Å². The Kier molecular flexibility index (Phi) is 5.51. The SMILES string of the molecule is CCCCCC(C(=O)C1OCCO1)S(=O)(=O)O. The lowest BCUT2D eigenvalue weighted by molar-refractivity contribution is -0.144. The maximum Gasteiger partial charge on any atom is 0.275 e. The van der Waals surface area contributed by atoms with Gasteiger partial charge in [0.2, 0.25) is 12.1 Å². The van der Waals surface area contributed by atoms with E-state index < -0.39 is 27.4 Å². The van der Waals surface area contributed by atoms with Gasteiger partial charge in [-0.3, -0.25) is 9.35 Å². The predicted molar refractivity (Wildman–Crippen MR) is 60.2 cm³/mol. The zero-order valence-electron chi connectivity index (χ0n) is 9.79. The number of unbranched alkanes of at least 4 members (excludes halogenated alkanes) is 2. The first-order chi connectivity index (χ1) is 7.96. The van der Waals surface area contributed by atoms with E-state index >= 15 is 0 Å². The molecule has 0 spiro atoms. The molecule has 1 rings (SSSR count). The number of rotatable bonds is 7. The lowest BCUT2D eigenvalue weighted by Gasteiger charge is -2.15. The molecule has 0 amide bonds. The summed E-state index contributed by atoms with van der Waals surface area (Å²) in [6.07, 6.45) is 1.24. The summed E-state index contributed by atoms with van der Waals surface area (Å²) in [4.78, 5) is 11.8. The number of carbonyl (C=O) groups excluding carboxylic acids is 1. The summed E-state index contributed by atoms with van der Waals surface area (Å²) < 4.78 is 41.2. The third kappa shape index (κ3) is 4.34. The Labute approximate surface area is 101 Å². The van der Waals surface area contributed by atoms with Crippen LogP contribution in [0.15, 0.2) is 0 Å². The van der Waals surface area contributed by atoms with E-state index in [0.717, 1.165) is 12.8 Å². The molecular formula is C10H18O6S. The molecule has 1 aliphatic heterocycles. The number of hydrogen-bond acceptors (Lipinski definition) is 5.